The minimum absolute atomic E-state index is 0.175. The number of benzene rings is 2. The maximum absolute atomic E-state index is 13.4. The first-order chi connectivity index (χ1) is 9.20. The Kier molecular flexibility index (Phi) is 4.60. The summed E-state index contributed by atoms with van der Waals surface area (Å²) >= 11 is 0. The summed E-state index contributed by atoms with van der Waals surface area (Å²) in [7, 11) is 0. The van der Waals surface area contributed by atoms with Crippen LogP contribution in [-0.2, 0) is 24.5 Å². The van der Waals surface area contributed by atoms with Crippen LogP contribution < -0.4 is 5.73 Å². The Bertz CT molecular complexity index is 558. The topological polar surface area (TPSA) is 35.2 Å². The van der Waals surface area contributed by atoms with Crippen LogP contribution in [-0.4, -0.2) is 0 Å². The first-order valence-corrected chi connectivity index (χ1v) is 5.99. The number of ether oxygens (including phenoxy) is 1. The standard InChI is InChI=1S/C15H15F2NO/c16-14-6-5-11(13(7-14)8-18)9-19-10-12-3-1-2-4-15(12)17/h1-7H,8-10,18H2. The second-order valence-electron chi connectivity index (χ2n) is 4.20. The molecule has 0 amide bonds. The van der Waals surface area contributed by atoms with Gasteiger partial charge in [-0.15, -0.1) is 0 Å². The lowest BCUT2D eigenvalue weighted by atomic mass is 10.1. The van der Waals surface area contributed by atoms with E-state index in [0.717, 1.165) is 5.56 Å². The van der Waals surface area contributed by atoms with Gasteiger partial charge in [0.1, 0.15) is 11.6 Å². The summed E-state index contributed by atoms with van der Waals surface area (Å²) < 4.78 is 31.8. The van der Waals surface area contributed by atoms with Gasteiger partial charge in [0.2, 0.25) is 0 Å². The summed E-state index contributed by atoms with van der Waals surface area (Å²) in [6.45, 7) is 0.700. The Hall–Kier alpha value is -1.78. The van der Waals surface area contributed by atoms with E-state index in [0.29, 0.717) is 11.1 Å². The summed E-state index contributed by atoms with van der Waals surface area (Å²) in [4.78, 5) is 0. The van der Waals surface area contributed by atoms with E-state index in [2.05, 4.69) is 0 Å². The number of nitrogens with two attached hydrogens (primary N) is 1. The van der Waals surface area contributed by atoms with E-state index in [1.54, 1.807) is 24.3 Å². The zero-order valence-electron chi connectivity index (χ0n) is 10.4. The zero-order valence-corrected chi connectivity index (χ0v) is 10.4. The second kappa shape index (κ2) is 6.41. The van der Waals surface area contributed by atoms with E-state index in [1.165, 1.54) is 18.2 Å². The molecule has 2 rings (SSSR count). The third-order valence-corrected chi connectivity index (χ3v) is 2.86. The largest absolute Gasteiger partial charge is 0.372 e. The van der Waals surface area contributed by atoms with Gasteiger partial charge in [0.25, 0.3) is 0 Å². The van der Waals surface area contributed by atoms with Crippen molar-refractivity contribution in [2.75, 3.05) is 0 Å². The Morgan fingerprint density at radius 3 is 2.37 bits per heavy atom. The maximum atomic E-state index is 13.4. The predicted octanol–water partition coefficient (Wildman–Crippen LogP) is 3.14. The molecule has 0 bridgehead atoms. The lowest BCUT2D eigenvalue weighted by Gasteiger charge is -2.09. The molecule has 0 fully saturated rings. The Balaban J connectivity index is 1.98. The van der Waals surface area contributed by atoms with Crippen molar-refractivity contribution < 1.29 is 13.5 Å². The Morgan fingerprint density at radius 2 is 1.63 bits per heavy atom. The van der Waals surface area contributed by atoms with E-state index in [-0.39, 0.29) is 31.4 Å². The van der Waals surface area contributed by atoms with Crippen LogP contribution in [0.4, 0.5) is 8.78 Å². The van der Waals surface area contributed by atoms with Gasteiger partial charge in [-0.2, -0.15) is 0 Å². The third kappa shape index (κ3) is 3.59. The molecule has 0 atom stereocenters. The van der Waals surface area contributed by atoms with Gasteiger partial charge in [0, 0.05) is 12.1 Å². The quantitative estimate of drug-likeness (QED) is 0.899. The summed E-state index contributed by atoms with van der Waals surface area (Å²) in [5.74, 6) is -0.612. The number of rotatable bonds is 5. The van der Waals surface area contributed by atoms with Crippen molar-refractivity contribution >= 4 is 0 Å². The smallest absolute Gasteiger partial charge is 0.128 e. The van der Waals surface area contributed by atoms with Gasteiger partial charge in [-0.3, -0.25) is 0 Å². The van der Waals surface area contributed by atoms with Gasteiger partial charge in [-0.05, 0) is 29.3 Å². The fraction of sp³-hybridized carbons (Fsp3) is 0.200. The SMILES string of the molecule is NCc1cc(F)ccc1COCc1ccccc1F. The molecule has 2 nitrogen and oxygen atoms in total. The lowest BCUT2D eigenvalue weighted by molar-refractivity contribution is 0.104. The van der Waals surface area contributed by atoms with Gasteiger partial charge in [-0.1, -0.05) is 24.3 Å². The second-order valence-corrected chi connectivity index (χ2v) is 4.20. The average molecular weight is 263 g/mol. The summed E-state index contributed by atoms with van der Waals surface area (Å²) in [5.41, 5.74) is 7.57. The van der Waals surface area contributed by atoms with E-state index < -0.39 is 0 Å². The van der Waals surface area contributed by atoms with E-state index in [1.807, 2.05) is 0 Å². The molecule has 19 heavy (non-hydrogen) atoms. The molecule has 2 aromatic rings. The lowest BCUT2D eigenvalue weighted by Crippen LogP contribution is -2.04. The van der Waals surface area contributed by atoms with Crippen LogP contribution in [0.3, 0.4) is 0 Å². The molecule has 0 radical (unpaired) electrons. The highest BCUT2D eigenvalue weighted by Gasteiger charge is 2.05. The first-order valence-electron chi connectivity index (χ1n) is 5.99. The van der Waals surface area contributed by atoms with Crippen LogP contribution >= 0.6 is 0 Å². The predicted molar refractivity (Wildman–Crippen MR) is 69.2 cm³/mol. The monoisotopic (exact) mass is 263 g/mol. The average Bonchev–Trinajstić information content (AvgIpc) is 2.42. The maximum Gasteiger partial charge on any atom is 0.128 e. The molecule has 0 aliphatic heterocycles. The molecule has 0 saturated carbocycles. The molecular weight excluding hydrogens is 248 g/mol. The van der Waals surface area contributed by atoms with Crippen LogP contribution in [0.1, 0.15) is 16.7 Å². The highest BCUT2D eigenvalue weighted by Crippen LogP contribution is 2.14. The van der Waals surface area contributed by atoms with Crippen molar-refractivity contribution in [3.8, 4) is 0 Å². The molecule has 2 N–H and O–H groups in total. The molecule has 0 aliphatic carbocycles. The number of hydrogen-bond acceptors (Lipinski definition) is 2. The third-order valence-electron chi connectivity index (χ3n) is 2.86. The van der Waals surface area contributed by atoms with Crippen molar-refractivity contribution in [3.05, 3.63) is 70.8 Å². The van der Waals surface area contributed by atoms with Gasteiger partial charge in [0.05, 0.1) is 13.2 Å². The van der Waals surface area contributed by atoms with Crippen LogP contribution in [0.2, 0.25) is 0 Å². The van der Waals surface area contributed by atoms with Crippen LogP contribution in [0, 0.1) is 11.6 Å². The molecule has 0 saturated heterocycles. The van der Waals surface area contributed by atoms with Crippen molar-refractivity contribution in [1.29, 1.82) is 0 Å². The van der Waals surface area contributed by atoms with Gasteiger partial charge >= 0.3 is 0 Å². The van der Waals surface area contributed by atoms with Crippen molar-refractivity contribution in [3.63, 3.8) is 0 Å². The molecule has 0 aliphatic rings. The van der Waals surface area contributed by atoms with E-state index >= 15 is 0 Å². The van der Waals surface area contributed by atoms with E-state index in [9.17, 15) is 8.78 Å². The molecule has 2 aromatic carbocycles. The van der Waals surface area contributed by atoms with Crippen LogP contribution in [0.15, 0.2) is 42.5 Å². The fourth-order valence-corrected chi connectivity index (χ4v) is 1.81. The highest BCUT2D eigenvalue weighted by molar-refractivity contribution is 5.27. The molecule has 4 heteroatoms. The first kappa shape index (κ1) is 13.6. The normalized spacial score (nSPS) is 10.7. The molecule has 0 aromatic heterocycles. The van der Waals surface area contributed by atoms with Gasteiger partial charge in [-0.25, -0.2) is 8.78 Å². The summed E-state index contributed by atoms with van der Waals surface area (Å²) in [5, 5.41) is 0. The minimum atomic E-state index is -0.321. The number of hydrogen-bond donors (Lipinski definition) is 1. The minimum Gasteiger partial charge on any atom is -0.372 e. The van der Waals surface area contributed by atoms with Crippen molar-refractivity contribution in [2.24, 2.45) is 5.73 Å². The molecule has 100 valence electrons. The van der Waals surface area contributed by atoms with Crippen molar-refractivity contribution in [2.45, 2.75) is 19.8 Å². The molecule has 0 spiro atoms. The highest BCUT2D eigenvalue weighted by atomic mass is 19.1. The number of halogens is 2. The molecule has 0 heterocycles. The fourth-order valence-electron chi connectivity index (χ4n) is 1.81. The summed E-state index contributed by atoms with van der Waals surface area (Å²) in [6, 6.07) is 10.8. The van der Waals surface area contributed by atoms with Gasteiger partial charge < -0.3 is 10.5 Å². The summed E-state index contributed by atoms with van der Waals surface area (Å²) in [6.07, 6.45) is 0. The van der Waals surface area contributed by atoms with Crippen LogP contribution in [0.5, 0.6) is 0 Å². The van der Waals surface area contributed by atoms with Crippen LogP contribution in [0.25, 0.3) is 0 Å². The Morgan fingerprint density at radius 1 is 0.895 bits per heavy atom. The zero-order chi connectivity index (χ0) is 13.7. The van der Waals surface area contributed by atoms with Gasteiger partial charge in [0.15, 0.2) is 0 Å². The molecular formula is C15H15F2NO. The van der Waals surface area contributed by atoms with E-state index in [4.69, 9.17) is 10.5 Å². The Labute approximate surface area is 110 Å². The molecule has 0 unspecified atom stereocenters. The van der Waals surface area contributed by atoms with Crippen molar-refractivity contribution in [1.82, 2.24) is 0 Å².